The summed E-state index contributed by atoms with van der Waals surface area (Å²) in [5, 5.41) is 15.6. The van der Waals surface area contributed by atoms with Crippen molar-refractivity contribution in [1.82, 2.24) is 9.78 Å². The highest BCUT2D eigenvalue weighted by atomic mass is 16.6. The third kappa shape index (κ3) is 2.49. The second kappa shape index (κ2) is 5.73. The molecule has 0 aliphatic carbocycles. The first-order valence-electron chi connectivity index (χ1n) is 6.51. The number of hydrogen-bond acceptors (Lipinski definition) is 4. The third-order valence-corrected chi connectivity index (χ3v) is 3.17. The molecule has 1 aromatic heterocycles. The van der Waals surface area contributed by atoms with E-state index >= 15 is 0 Å². The molecule has 0 fully saturated rings. The standard InChI is InChI=1S/C14H17N3O3/c1-4-10-8-11(5-2)16(15-10)14-9-12(20-3)6-7-13(14)17(18)19/h6-9H,4-5H2,1-3H3. The number of nitro groups is 1. The summed E-state index contributed by atoms with van der Waals surface area (Å²) >= 11 is 0. The highest BCUT2D eigenvalue weighted by Crippen LogP contribution is 2.28. The van der Waals surface area contributed by atoms with Crippen molar-refractivity contribution in [2.24, 2.45) is 0 Å². The van der Waals surface area contributed by atoms with Crippen LogP contribution in [0.25, 0.3) is 5.69 Å². The largest absolute Gasteiger partial charge is 0.497 e. The van der Waals surface area contributed by atoms with E-state index < -0.39 is 4.92 Å². The fraction of sp³-hybridized carbons (Fsp3) is 0.357. The summed E-state index contributed by atoms with van der Waals surface area (Å²) in [5.74, 6) is 0.571. The van der Waals surface area contributed by atoms with Crippen molar-refractivity contribution in [3.8, 4) is 11.4 Å². The second-order valence-corrected chi connectivity index (χ2v) is 4.36. The smallest absolute Gasteiger partial charge is 0.295 e. The Morgan fingerprint density at radius 1 is 1.30 bits per heavy atom. The van der Waals surface area contributed by atoms with E-state index in [1.54, 1.807) is 16.8 Å². The highest BCUT2D eigenvalue weighted by molar-refractivity contribution is 5.56. The molecule has 1 aromatic carbocycles. The Bertz CT molecular complexity index is 635. The molecule has 106 valence electrons. The van der Waals surface area contributed by atoms with Crippen LogP contribution in [0.3, 0.4) is 0 Å². The van der Waals surface area contributed by atoms with Crippen LogP contribution in [-0.2, 0) is 12.8 Å². The zero-order valence-corrected chi connectivity index (χ0v) is 11.8. The Morgan fingerprint density at radius 3 is 2.60 bits per heavy atom. The van der Waals surface area contributed by atoms with Crippen LogP contribution in [0, 0.1) is 10.1 Å². The maximum atomic E-state index is 11.2. The van der Waals surface area contributed by atoms with E-state index in [1.165, 1.54) is 13.2 Å². The molecule has 0 bridgehead atoms. The molecule has 0 aliphatic rings. The summed E-state index contributed by atoms with van der Waals surface area (Å²) in [6.45, 7) is 4.01. The van der Waals surface area contributed by atoms with E-state index in [-0.39, 0.29) is 5.69 Å². The van der Waals surface area contributed by atoms with Gasteiger partial charge < -0.3 is 4.74 Å². The van der Waals surface area contributed by atoms with Crippen molar-refractivity contribution in [3.63, 3.8) is 0 Å². The zero-order chi connectivity index (χ0) is 14.7. The maximum absolute atomic E-state index is 11.2. The first-order valence-corrected chi connectivity index (χ1v) is 6.51. The Kier molecular flexibility index (Phi) is 4.02. The molecular weight excluding hydrogens is 258 g/mol. The Morgan fingerprint density at radius 2 is 2.05 bits per heavy atom. The average Bonchev–Trinajstić information content (AvgIpc) is 2.89. The lowest BCUT2D eigenvalue weighted by Crippen LogP contribution is -2.05. The Labute approximate surface area is 117 Å². The highest BCUT2D eigenvalue weighted by Gasteiger charge is 2.19. The van der Waals surface area contributed by atoms with Gasteiger partial charge in [0.1, 0.15) is 11.4 Å². The van der Waals surface area contributed by atoms with Gasteiger partial charge in [-0.05, 0) is 25.0 Å². The molecule has 20 heavy (non-hydrogen) atoms. The molecule has 0 unspecified atom stereocenters. The zero-order valence-electron chi connectivity index (χ0n) is 11.8. The number of nitrogens with zero attached hydrogens (tertiary/aromatic N) is 3. The van der Waals surface area contributed by atoms with Crippen LogP contribution in [-0.4, -0.2) is 21.8 Å². The van der Waals surface area contributed by atoms with Gasteiger partial charge in [-0.1, -0.05) is 13.8 Å². The number of rotatable bonds is 5. The van der Waals surface area contributed by atoms with Crippen molar-refractivity contribution in [2.75, 3.05) is 7.11 Å². The van der Waals surface area contributed by atoms with Gasteiger partial charge >= 0.3 is 0 Å². The summed E-state index contributed by atoms with van der Waals surface area (Å²) < 4.78 is 6.79. The minimum absolute atomic E-state index is 0.0197. The van der Waals surface area contributed by atoms with Gasteiger partial charge in [0.05, 0.1) is 17.7 Å². The van der Waals surface area contributed by atoms with Crippen LogP contribution in [0.2, 0.25) is 0 Å². The number of aryl methyl sites for hydroxylation is 2. The van der Waals surface area contributed by atoms with E-state index in [4.69, 9.17) is 4.74 Å². The Hall–Kier alpha value is -2.37. The summed E-state index contributed by atoms with van der Waals surface area (Å²) in [4.78, 5) is 10.8. The molecule has 0 saturated carbocycles. The van der Waals surface area contributed by atoms with Gasteiger partial charge in [-0.25, -0.2) is 4.68 Å². The fourth-order valence-electron chi connectivity index (χ4n) is 2.06. The van der Waals surface area contributed by atoms with Gasteiger partial charge in [0.25, 0.3) is 5.69 Å². The molecule has 2 aromatic rings. The van der Waals surface area contributed by atoms with Gasteiger partial charge in [-0.2, -0.15) is 5.10 Å². The molecule has 6 heteroatoms. The number of hydrogen-bond donors (Lipinski definition) is 0. The van der Waals surface area contributed by atoms with Crippen LogP contribution >= 0.6 is 0 Å². The van der Waals surface area contributed by atoms with Crippen LogP contribution in [0.5, 0.6) is 5.75 Å². The lowest BCUT2D eigenvalue weighted by atomic mass is 10.2. The molecule has 2 rings (SSSR count). The first kappa shape index (κ1) is 14.0. The molecule has 0 N–H and O–H groups in total. The van der Waals surface area contributed by atoms with E-state index in [2.05, 4.69) is 5.10 Å². The summed E-state index contributed by atoms with van der Waals surface area (Å²) in [5.41, 5.74) is 2.31. The van der Waals surface area contributed by atoms with Crippen molar-refractivity contribution >= 4 is 5.69 Å². The monoisotopic (exact) mass is 275 g/mol. The molecular formula is C14H17N3O3. The Balaban J connectivity index is 2.66. The van der Waals surface area contributed by atoms with Crippen molar-refractivity contribution in [1.29, 1.82) is 0 Å². The van der Waals surface area contributed by atoms with Gasteiger partial charge in [0.2, 0.25) is 0 Å². The normalized spacial score (nSPS) is 10.6. The molecule has 0 saturated heterocycles. The number of ether oxygens (including phenoxy) is 1. The first-order chi connectivity index (χ1) is 9.60. The number of benzene rings is 1. The number of aromatic nitrogens is 2. The minimum atomic E-state index is -0.401. The van der Waals surface area contributed by atoms with Crippen LogP contribution in [0.15, 0.2) is 24.3 Å². The quantitative estimate of drug-likeness (QED) is 0.621. The average molecular weight is 275 g/mol. The number of nitro benzene ring substituents is 1. The van der Waals surface area contributed by atoms with Gasteiger partial charge in [0.15, 0.2) is 0 Å². The predicted octanol–water partition coefficient (Wildman–Crippen LogP) is 2.91. The molecule has 0 radical (unpaired) electrons. The summed E-state index contributed by atoms with van der Waals surface area (Å²) in [6.07, 6.45) is 1.54. The third-order valence-electron chi connectivity index (χ3n) is 3.17. The molecule has 0 spiro atoms. The topological polar surface area (TPSA) is 70.2 Å². The minimum Gasteiger partial charge on any atom is -0.497 e. The molecule has 6 nitrogen and oxygen atoms in total. The lowest BCUT2D eigenvalue weighted by molar-refractivity contribution is -0.384. The molecule has 0 amide bonds. The van der Waals surface area contributed by atoms with Crippen LogP contribution < -0.4 is 4.74 Å². The summed E-state index contributed by atoms with van der Waals surface area (Å²) in [6, 6.07) is 6.64. The molecule has 0 aliphatic heterocycles. The van der Waals surface area contributed by atoms with Gasteiger partial charge in [-0.3, -0.25) is 10.1 Å². The van der Waals surface area contributed by atoms with Crippen LogP contribution in [0.1, 0.15) is 25.2 Å². The van der Waals surface area contributed by atoms with E-state index in [0.29, 0.717) is 11.4 Å². The maximum Gasteiger partial charge on any atom is 0.295 e. The second-order valence-electron chi connectivity index (χ2n) is 4.36. The number of methoxy groups -OCH3 is 1. The van der Waals surface area contributed by atoms with Crippen molar-refractivity contribution < 1.29 is 9.66 Å². The lowest BCUT2D eigenvalue weighted by Gasteiger charge is -2.08. The molecule has 0 atom stereocenters. The van der Waals surface area contributed by atoms with Gasteiger partial charge in [0, 0.05) is 17.8 Å². The van der Waals surface area contributed by atoms with Crippen LogP contribution in [0.4, 0.5) is 5.69 Å². The summed E-state index contributed by atoms with van der Waals surface area (Å²) in [7, 11) is 1.53. The SMILES string of the molecule is CCc1cc(CC)n(-c2cc(OC)ccc2[N+](=O)[O-])n1. The van der Waals surface area contributed by atoms with Crippen molar-refractivity contribution in [3.05, 3.63) is 45.8 Å². The van der Waals surface area contributed by atoms with E-state index in [0.717, 1.165) is 24.2 Å². The van der Waals surface area contributed by atoms with Crippen molar-refractivity contribution in [2.45, 2.75) is 26.7 Å². The fourth-order valence-corrected chi connectivity index (χ4v) is 2.06. The van der Waals surface area contributed by atoms with Gasteiger partial charge in [-0.15, -0.1) is 0 Å². The molecule has 1 heterocycles. The van der Waals surface area contributed by atoms with E-state index in [1.807, 2.05) is 19.9 Å². The predicted molar refractivity (Wildman–Crippen MR) is 75.5 cm³/mol. The van der Waals surface area contributed by atoms with E-state index in [9.17, 15) is 10.1 Å².